The second-order valence-electron chi connectivity index (χ2n) is 4.43. The fraction of sp³-hybridized carbons (Fsp3) is 0.900. The lowest BCUT2D eigenvalue weighted by Crippen LogP contribution is -2.30. The van der Waals surface area contributed by atoms with Crippen molar-refractivity contribution < 1.29 is 13.2 Å². The van der Waals surface area contributed by atoms with E-state index in [-0.39, 0.29) is 5.91 Å². The molecule has 1 heterocycles. The molecule has 17 heavy (non-hydrogen) atoms. The SMILES string of the molecule is CS(=O)(=O)NCCCNC(=O)CC1CCNC1. The van der Waals surface area contributed by atoms with Crippen LogP contribution in [0, 0.1) is 5.92 Å². The summed E-state index contributed by atoms with van der Waals surface area (Å²) in [5.74, 6) is 0.502. The summed E-state index contributed by atoms with van der Waals surface area (Å²) in [5.41, 5.74) is 0. The standard InChI is InChI=1S/C10H21N3O3S/c1-17(15,16)13-5-2-4-12-10(14)7-9-3-6-11-8-9/h9,11,13H,2-8H2,1H3,(H,12,14). The van der Waals surface area contributed by atoms with Crippen molar-refractivity contribution in [2.45, 2.75) is 19.3 Å². The molecule has 0 aliphatic carbocycles. The van der Waals surface area contributed by atoms with Gasteiger partial charge in [0.25, 0.3) is 0 Å². The van der Waals surface area contributed by atoms with Gasteiger partial charge >= 0.3 is 0 Å². The lowest BCUT2D eigenvalue weighted by molar-refractivity contribution is -0.121. The summed E-state index contributed by atoms with van der Waals surface area (Å²) in [6.07, 6.45) is 3.36. The van der Waals surface area contributed by atoms with Crippen LogP contribution in [-0.2, 0) is 14.8 Å². The van der Waals surface area contributed by atoms with E-state index in [1.54, 1.807) is 0 Å². The number of carbonyl (C=O) groups is 1. The van der Waals surface area contributed by atoms with Gasteiger partial charge < -0.3 is 10.6 Å². The molecule has 1 aliphatic heterocycles. The van der Waals surface area contributed by atoms with Crippen LogP contribution in [-0.4, -0.2) is 46.8 Å². The van der Waals surface area contributed by atoms with Crippen molar-refractivity contribution in [3.8, 4) is 0 Å². The maximum absolute atomic E-state index is 11.5. The van der Waals surface area contributed by atoms with Gasteiger partial charge in [-0.15, -0.1) is 0 Å². The van der Waals surface area contributed by atoms with Crippen LogP contribution in [0.5, 0.6) is 0 Å². The molecule has 6 nitrogen and oxygen atoms in total. The zero-order chi connectivity index (χ0) is 12.7. The van der Waals surface area contributed by atoms with Gasteiger partial charge in [0.2, 0.25) is 15.9 Å². The van der Waals surface area contributed by atoms with E-state index < -0.39 is 10.0 Å². The molecule has 100 valence electrons. The van der Waals surface area contributed by atoms with Crippen LogP contribution in [0.2, 0.25) is 0 Å². The van der Waals surface area contributed by atoms with E-state index in [0.717, 1.165) is 25.8 Å². The summed E-state index contributed by atoms with van der Waals surface area (Å²) in [4.78, 5) is 11.5. The summed E-state index contributed by atoms with van der Waals surface area (Å²) < 4.78 is 23.9. The van der Waals surface area contributed by atoms with Crippen LogP contribution >= 0.6 is 0 Å². The van der Waals surface area contributed by atoms with Crippen molar-refractivity contribution in [3.05, 3.63) is 0 Å². The van der Waals surface area contributed by atoms with Gasteiger partial charge in [0, 0.05) is 19.5 Å². The van der Waals surface area contributed by atoms with Crippen LogP contribution in [0.1, 0.15) is 19.3 Å². The van der Waals surface area contributed by atoms with Gasteiger partial charge in [-0.3, -0.25) is 4.79 Å². The fourth-order valence-electron chi connectivity index (χ4n) is 1.80. The van der Waals surface area contributed by atoms with Gasteiger partial charge in [-0.05, 0) is 31.8 Å². The van der Waals surface area contributed by atoms with Crippen molar-refractivity contribution in [3.63, 3.8) is 0 Å². The van der Waals surface area contributed by atoms with Crippen molar-refractivity contribution in [1.82, 2.24) is 15.4 Å². The highest BCUT2D eigenvalue weighted by atomic mass is 32.2. The van der Waals surface area contributed by atoms with Crippen molar-refractivity contribution in [2.24, 2.45) is 5.92 Å². The molecule has 0 spiro atoms. The zero-order valence-corrected chi connectivity index (χ0v) is 11.0. The normalized spacial score (nSPS) is 20.4. The van der Waals surface area contributed by atoms with Crippen LogP contribution in [0.3, 0.4) is 0 Å². The van der Waals surface area contributed by atoms with Gasteiger partial charge in [-0.1, -0.05) is 0 Å². The van der Waals surface area contributed by atoms with Crippen LogP contribution in [0.25, 0.3) is 0 Å². The lowest BCUT2D eigenvalue weighted by Gasteiger charge is -2.09. The summed E-state index contributed by atoms with van der Waals surface area (Å²) in [6, 6.07) is 0. The van der Waals surface area contributed by atoms with Crippen molar-refractivity contribution in [2.75, 3.05) is 32.4 Å². The van der Waals surface area contributed by atoms with E-state index in [4.69, 9.17) is 0 Å². The van der Waals surface area contributed by atoms with E-state index in [0.29, 0.717) is 31.8 Å². The third-order valence-electron chi connectivity index (χ3n) is 2.68. The number of rotatable bonds is 7. The Balaban J connectivity index is 2.00. The second-order valence-corrected chi connectivity index (χ2v) is 6.27. The molecule has 0 aromatic rings. The largest absolute Gasteiger partial charge is 0.356 e. The Morgan fingerprint density at radius 2 is 2.18 bits per heavy atom. The molecule has 0 saturated carbocycles. The lowest BCUT2D eigenvalue weighted by atomic mass is 10.0. The minimum absolute atomic E-state index is 0.0538. The number of sulfonamides is 1. The second kappa shape index (κ2) is 6.93. The molecular weight excluding hydrogens is 242 g/mol. The summed E-state index contributed by atoms with van der Waals surface area (Å²) in [5, 5.41) is 6.01. The van der Waals surface area contributed by atoms with Crippen molar-refractivity contribution in [1.29, 1.82) is 0 Å². The molecule has 7 heteroatoms. The zero-order valence-electron chi connectivity index (χ0n) is 10.2. The summed E-state index contributed by atoms with van der Waals surface area (Å²) >= 11 is 0. The van der Waals surface area contributed by atoms with Gasteiger partial charge in [0.15, 0.2) is 0 Å². The molecule has 0 bridgehead atoms. The molecule has 1 rings (SSSR count). The number of hydrogen-bond donors (Lipinski definition) is 3. The Labute approximate surface area is 103 Å². The van der Waals surface area contributed by atoms with Gasteiger partial charge in [0.1, 0.15) is 0 Å². The molecule has 1 unspecified atom stereocenters. The summed E-state index contributed by atoms with van der Waals surface area (Å²) in [7, 11) is -3.11. The quantitative estimate of drug-likeness (QED) is 0.516. The smallest absolute Gasteiger partial charge is 0.220 e. The van der Waals surface area contributed by atoms with E-state index in [1.165, 1.54) is 0 Å². The molecule has 1 saturated heterocycles. The molecule has 1 atom stereocenters. The molecule has 3 N–H and O–H groups in total. The minimum atomic E-state index is -3.11. The van der Waals surface area contributed by atoms with Gasteiger partial charge in [0.05, 0.1) is 6.26 Å². The van der Waals surface area contributed by atoms with E-state index in [9.17, 15) is 13.2 Å². The fourth-order valence-corrected chi connectivity index (χ4v) is 2.31. The molecule has 0 aromatic carbocycles. The first-order valence-electron chi connectivity index (χ1n) is 5.89. The number of amides is 1. The highest BCUT2D eigenvalue weighted by Crippen LogP contribution is 2.11. The Morgan fingerprint density at radius 3 is 2.76 bits per heavy atom. The number of carbonyl (C=O) groups excluding carboxylic acids is 1. The monoisotopic (exact) mass is 263 g/mol. The molecule has 0 aromatic heterocycles. The maximum Gasteiger partial charge on any atom is 0.220 e. The number of nitrogens with one attached hydrogen (secondary N) is 3. The molecule has 0 radical (unpaired) electrons. The Morgan fingerprint density at radius 1 is 1.41 bits per heavy atom. The molecule has 1 aliphatic rings. The van der Waals surface area contributed by atoms with E-state index >= 15 is 0 Å². The average molecular weight is 263 g/mol. The van der Waals surface area contributed by atoms with Crippen molar-refractivity contribution >= 4 is 15.9 Å². The third-order valence-corrected chi connectivity index (χ3v) is 3.40. The minimum Gasteiger partial charge on any atom is -0.356 e. The highest BCUT2D eigenvalue weighted by molar-refractivity contribution is 7.88. The van der Waals surface area contributed by atoms with Crippen LogP contribution < -0.4 is 15.4 Å². The van der Waals surface area contributed by atoms with Crippen LogP contribution in [0.15, 0.2) is 0 Å². The Hall–Kier alpha value is -0.660. The van der Waals surface area contributed by atoms with Gasteiger partial charge in [-0.25, -0.2) is 13.1 Å². The first kappa shape index (κ1) is 14.4. The predicted molar refractivity (Wildman–Crippen MR) is 66.1 cm³/mol. The first-order chi connectivity index (χ1) is 7.97. The van der Waals surface area contributed by atoms with E-state index in [2.05, 4.69) is 15.4 Å². The number of hydrogen-bond acceptors (Lipinski definition) is 4. The third kappa shape index (κ3) is 7.30. The molecular formula is C10H21N3O3S. The van der Waals surface area contributed by atoms with Crippen LogP contribution in [0.4, 0.5) is 0 Å². The Bertz CT molecular complexity index is 337. The van der Waals surface area contributed by atoms with E-state index in [1.807, 2.05) is 0 Å². The molecule has 1 fully saturated rings. The molecule has 1 amide bonds. The predicted octanol–water partition coefficient (Wildman–Crippen LogP) is -0.958. The highest BCUT2D eigenvalue weighted by Gasteiger charge is 2.17. The first-order valence-corrected chi connectivity index (χ1v) is 7.78. The topological polar surface area (TPSA) is 87.3 Å². The summed E-state index contributed by atoms with van der Waals surface area (Å²) in [6.45, 7) is 2.80. The Kier molecular flexibility index (Phi) is 5.87. The maximum atomic E-state index is 11.5. The van der Waals surface area contributed by atoms with Gasteiger partial charge in [-0.2, -0.15) is 0 Å². The average Bonchev–Trinajstić information content (AvgIpc) is 2.68.